The number of amides is 2. The van der Waals surface area contributed by atoms with E-state index in [1.807, 2.05) is 0 Å². The maximum absolute atomic E-state index is 13.4. The third-order valence-corrected chi connectivity index (χ3v) is 10.1. The minimum absolute atomic E-state index is 0.167. The molecule has 2 aromatic carbocycles. The molecule has 246 valence electrons. The van der Waals surface area contributed by atoms with Gasteiger partial charge in [0.25, 0.3) is 0 Å². The zero-order valence-corrected chi connectivity index (χ0v) is 25.4. The van der Waals surface area contributed by atoms with Gasteiger partial charge >= 0.3 is 27.7 Å². The van der Waals surface area contributed by atoms with Gasteiger partial charge in [0.1, 0.15) is 17.8 Å². The Morgan fingerprint density at radius 1 is 0.978 bits per heavy atom. The van der Waals surface area contributed by atoms with E-state index in [1.54, 1.807) is 4.90 Å². The molecular formula is C27H30F3N3O10S2. The summed E-state index contributed by atoms with van der Waals surface area (Å²) in [5.41, 5.74) is -5.31. The van der Waals surface area contributed by atoms with Crippen LogP contribution in [0.4, 0.5) is 18.0 Å². The first-order chi connectivity index (χ1) is 21.1. The first-order valence-corrected chi connectivity index (χ1v) is 16.5. The Balaban J connectivity index is 1.53. The molecule has 2 fully saturated rings. The highest BCUT2D eigenvalue weighted by atomic mass is 32.2. The van der Waals surface area contributed by atoms with Crippen LogP contribution < -0.4 is 10.1 Å². The number of rotatable bonds is 10. The Bertz CT molecular complexity index is 1600. The fourth-order valence-corrected chi connectivity index (χ4v) is 7.16. The van der Waals surface area contributed by atoms with Crippen molar-refractivity contribution in [2.24, 2.45) is 0 Å². The van der Waals surface area contributed by atoms with Gasteiger partial charge < -0.3 is 19.7 Å². The highest BCUT2D eigenvalue weighted by Crippen LogP contribution is 2.33. The number of alkyl halides is 3. The fourth-order valence-electron chi connectivity index (χ4n) is 4.90. The van der Waals surface area contributed by atoms with Crippen molar-refractivity contribution in [2.45, 2.75) is 54.3 Å². The predicted octanol–water partition coefficient (Wildman–Crippen LogP) is 2.18. The van der Waals surface area contributed by atoms with E-state index >= 15 is 0 Å². The molecule has 0 saturated carbocycles. The molecule has 2 aromatic rings. The monoisotopic (exact) mass is 677 g/mol. The van der Waals surface area contributed by atoms with Gasteiger partial charge in [-0.1, -0.05) is 30.3 Å². The maximum Gasteiger partial charge on any atom is 0.523 e. The van der Waals surface area contributed by atoms with E-state index < -0.39 is 74.8 Å². The Morgan fingerprint density at radius 3 is 2.18 bits per heavy atom. The Labute approximate surface area is 257 Å². The second kappa shape index (κ2) is 13.7. The second-order valence-electron chi connectivity index (χ2n) is 10.3. The first-order valence-electron chi connectivity index (χ1n) is 13.6. The molecule has 0 unspecified atom stereocenters. The number of esters is 1. The molecule has 0 spiro atoms. The summed E-state index contributed by atoms with van der Waals surface area (Å²) in [5.74, 6) is -1.78. The number of nitrogens with zero attached hydrogens (tertiary/aromatic N) is 2. The van der Waals surface area contributed by atoms with Crippen LogP contribution >= 0.6 is 0 Å². The SMILES string of the molecule is COC(=O)[C@H](Cc1ccc(OC(=O)N2CCCC2)cc1)NC(=O)[C@@H]1C[C@H](OS(=O)(=O)C(F)(F)F)CN1S(=O)(=O)c1ccccc1. The third-order valence-electron chi connectivity index (χ3n) is 7.15. The van der Waals surface area contributed by atoms with E-state index in [0.29, 0.717) is 23.0 Å². The maximum atomic E-state index is 13.4. The minimum Gasteiger partial charge on any atom is -0.467 e. The topological polar surface area (TPSA) is 166 Å². The van der Waals surface area contributed by atoms with Crippen molar-refractivity contribution in [3.05, 3.63) is 60.2 Å². The highest BCUT2D eigenvalue weighted by molar-refractivity contribution is 7.89. The van der Waals surface area contributed by atoms with Crippen molar-refractivity contribution >= 4 is 38.1 Å². The van der Waals surface area contributed by atoms with E-state index in [1.165, 1.54) is 54.6 Å². The van der Waals surface area contributed by atoms with Crippen LogP contribution in [0.1, 0.15) is 24.8 Å². The summed E-state index contributed by atoms with van der Waals surface area (Å²) in [6.45, 7) is 0.284. The lowest BCUT2D eigenvalue weighted by molar-refractivity contribution is -0.145. The molecule has 45 heavy (non-hydrogen) atoms. The lowest BCUT2D eigenvalue weighted by Crippen LogP contribution is -2.51. The standard InChI is InChI=1S/C27H30F3N3O10S2/c1-41-25(35)22(15-18-9-11-19(12-10-18)42-26(36)32-13-5-6-14-32)31-24(34)23-16-20(43-45(39,40)27(28,29)30)17-33(23)44(37,38)21-7-3-2-4-8-21/h2-4,7-12,20,22-23H,5-6,13-17H2,1H3,(H,31,34)/t20-,22-,23-/m0/s1. The third kappa shape index (κ3) is 8.11. The summed E-state index contributed by atoms with van der Waals surface area (Å²) in [7, 11) is -9.61. The van der Waals surface area contributed by atoms with Gasteiger partial charge in [0.05, 0.1) is 18.1 Å². The average molecular weight is 678 g/mol. The van der Waals surface area contributed by atoms with Gasteiger partial charge in [0, 0.05) is 32.5 Å². The van der Waals surface area contributed by atoms with E-state index in [0.717, 1.165) is 20.0 Å². The molecule has 18 heteroatoms. The van der Waals surface area contributed by atoms with E-state index in [9.17, 15) is 44.4 Å². The van der Waals surface area contributed by atoms with Crippen molar-refractivity contribution in [1.82, 2.24) is 14.5 Å². The quantitative estimate of drug-likeness (QED) is 0.224. The molecule has 2 saturated heterocycles. The number of carbonyl (C=O) groups is 3. The molecule has 2 aliphatic rings. The molecule has 1 N–H and O–H groups in total. The Hall–Kier alpha value is -3.74. The van der Waals surface area contributed by atoms with Crippen molar-refractivity contribution < 1.29 is 58.0 Å². The smallest absolute Gasteiger partial charge is 0.467 e. The van der Waals surface area contributed by atoms with Gasteiger partial charge in [-0.3, -0.25) is 8.98 Å². The van der Waals surface area contributed by atoms with Crippen LogP contribution in [0.25, 0.3) is 0 Å². The predicted molar refractivity (Wildman–Crippen MR) is 150 cm³/mol. The summed E-state index contributed by atoms with van der Waals surface area (Å²) in [6.07, 6.45) is -1.54. The molecular weight excluding hydrogens is 647 g/mol. The number of halogens is 3. The van der Waals surface area contributed by atoms with Crippen LogP contribution in [0.5, 0.6) is 5.75 Å². The van der Waals surface area contributed by atoms with Crippen molar-refractivity contribution in [3.63, 3.8) is 0 Å². The number of ether oxygens (including phenoxy) is 2. The average Bonchev–Trinajstić information content (AvgIpc) is 3.68. The van der Waals surface area contributed by atoms with Crippen LogP contribution in [-0.2, 0) is 45.1 Å². The minimum atomic E-state index is -6.12. The van der Waals surface area contributed by atoms with Crippen molar-refractivity contribution in [1.29, 1.82) is 0 Å². The normalized spacial score (nSPS) is 20.0. The highest BCUT2D eigenvalue weighted by Gasteiger charge is 2.52. The van der Waals surface area contributed by atoms with E-state index in [4.69, 9.17) is 9.47 Å². The molecule has 0 aromatic heterocycles. The lowest BCUT2D eigenvalue weighted by Gasteiger charge is -2.25. The van der Waals surface area contributed by atoms with Crippen LogP contribution in [0.2, 0.25) is 0 Å². The molecule has 2 aliphatic heterocycles. The summed E-state index contributed by atoms with van der Waals surface area (Å²) < 4.78 is 104. The summed E-state index contributed by atoms with van der Waals surface area (Å²) in [4.78, 5) is 39.6. The number of methoxy groups -OCH3 is 1. The van der Waals surface area contributed by atoms with Crippen LogP contribution in [0.15, 0.2) is 59.5 Å². The molecule has 3 atom stereocenters. The largest absolute Gasteiger partial charge is 0.523 e. The number of carbonyl (C=O) groups excluding carboxylic acids is 3. The summed E-state index contributed by atoms with van der Waals surface area (Å²) >= 11 is 0. The molecule has 0 bridgehead atoms. The van der Waals surface area contributed by atoms with Crippen LogP contribution in [0.3, 0.4) is 0 Å². The number of likely N-dealkylation sites (tertiary alicyclic amines) is 1. The van der Waals surface area contributed by atoms with Crippen LogP contribution in [0, 0.1) is 0 Å². The van der Waals surface area contributed by atoms with Gasteiger partial charge in [-0.25, -0.2) is 18.0 Å². The second-order valence-corrected chi connectivity index (χ2v) is 13.7. The van der Waals surface area contributed by atoms with E-state index in [-0.39, 0.29) is 17.1 Å². The number of benzene rings is 2. The lowest BCUT2D eigenvalue weighted by atomic mass is 10.0. The van der Waals surface area contributed by atoms with Gasteiger partial charge in [-0.15, -0.1) is 0 Å². The number of nitrogens with one attached hydrogen (secondary N) is 1. The Kier molecular flexibility index (Phi) is 10.4. The molecule has 0 aliphatic carbocycles. The van der Waals surface area contributed by atoms with Crippen molar-refractivity contribution in [2.75, 3.05) is 26.7 Å². The molecule has 4 rings (SSSR count). The number of sulfonamides is 1. The molecule has 2 heterocycles. The Morgan fingerprint density at radius 2 is 1.60 bits per heavy atom. The number of hydrogen-bond donors (Lipinski definition) is 1. The molecule has 0 radical (unpaired) electrons. The number of hydrogen-bond acceptors (Lipinski definition) is 10. The molecule has 13 nitrogen and oxygen atoms in total. The van der Waals surface area contributed by atoms with Crippen LogP contribution in [-0.4, -0.2) is 94.5 Å². The van der Waals surface area contributed by atoms with E-state index in [2.05, 4.69) is 9.50 Å². The summed E-state index contributed by atoms with van der Waals surface area (Å²) in [5, 5.41) is 2.37. The first kappa shape index (κ1) is 34.1. The zero-order chi connectivity index (χ0) is 33.0. The van der Waals surface area contributed by atoms with Crippen molar-refractivity contribution in [3.8, 4) is 5.75 Å². The fraction of sp³-hybridized carbons (Fsp3) is 0.444. The summed E-state index contributed by atoms with van der Waals surface area (Å²) in [6, 6.07) is 9.54. The van der Waals surface area contributed by atoms with Gasteiger partial charge in [-0.2, -0.15) is 25.9 Å². The van der Waals surface area contributed by atoms with Gasteiger partial charge in [0.15, 0.2) is 0 Å². The van der Waals surface area contributed by atoms with Gasteiger partial charge in [-0.05, 0) is 42.7 Å². The van der Waals surface area contributed by atoms with Gasteiger partial charge in [0.2, 0.25) is 15.9 Å². The zero-order valence-electron chi connectivity index (χ0n) is 23.8. The molecule has 2 amide bonds.